The van der Waals surface area contributed by atoms with Crippen molar-refractivity contribution in [3.63, 3.8) is 0 Å². The predicted molar refractivity (Wildman–Crippen MR) is 126 cm³/mol. The maximum absolute atomic E-state index is 13.1. The zero-order valence-corrected chi connectivity index (χ0v) is 19.9. The quantitative estimate of drug-likeness (QED) is 0.522. The van der Waals surface area contributed by atoms with E-state index >= 15 is 0 Å². The highest BCUT2D eigenvalue weighted by atomic mass is 32.2. The molecule has 2 aromatic heterocycles. The average Bonchev–Trinajstić information content (AvgIpc) is 3.12. The lowest BCUT2D eigenvalue weighted by molar-refractivity contribution is 0.407. The summed E-state index contributed by atoms with van der Waals surface area (Å²) in [6.07, 6.45) is 3.85. The van der Waals surface area contributed by atoms with Gasteiger partial charge in [0.1, 0.15) is 5.82 Å². The van der Waals surface area contributed by atoms with Crippen molar-refractivity contribution >= 4 is 15.8 Å². The van der Waals surface area contributed by atoms with Gasteiger partial charge in [0, 0.05) is 32.3 Å². The first-order valence-corrected chi connectivity index (χ1v) is 11.7. The molecule has 3 rings (SSSR count). The van der Waals surface area contributed by atoms with E-state index in [0.717, 1.165) is 15.4 Å². The Labute approximate surface area is 189 Å². The van der Waals surface area contributed by atoms with Gasteiger partial charge < -0.3 is 0 Å². The van der Waals surface area contributed by atoms with Gasteiger partial charge in [0.15, 0.2) is 5.82 Å². The van der Waals surface area contributed by atoms with Crippen molar-refractivity contribution in [3.8, 4) is 11.3 Å². The van der Waals surface area contributed by atoms with Crippen LogP contribution in [0.4, 0.5) is 4.39 Å². The first kappa shape index (κ1) is 23.8. The molecule has 0 aliphatic rings. The fraction of sp³-hybridized carbons (Fsp3) is 0.333. The molecule has 2 heterocycles. The SMILES string of the molecule is C=C(Cc1ccc(-c2ccc(F)cn2)cc1)c1nc(CC(C)(C)C)cn1S(=O)(=O)N(C)C. The number of benzene rings is 1. The molecule has 0 saturated carbocycles. The maximum Gasteiger partial charge on any atom is 0.308 e. The van der Waals surface area contributed by atoms with Gasteiger partial charge in [0.2, 0.25) is 0 Å². The molecular weight excluding hydrogens is 427 g/mol. The largest absolute Gasteiger partial charge is 0.308 e. The number of allylic oxidation sites excluding steroid dienone is 1. The van der Waals surface area contributed by atoms with Crippen LogP contribution in [-0.2, 0) is 23.1 Å². The normalized spacial score (nSPS) is 12.3. The molecule has 0 atom stereocenters. The third-order valence-electron chi connectivity index (χ3n) is 4.86. The minimum absolute atomic E-state index is 0.0378. The van der Waals surface area contributed by atoms with Gasteiger partial charge in [-0.3, -0.25) is 4.98 Å². The van der Waals surface area contributed by atoms with Crippen LogP contribution in [0.5, 0.6) is 0 Å². The van der Waals surface area contributed by atoms with E-state index in [1.165, 1.54) is 30.3 Å². The van der Waals surface area contributed by atoms with Gasteiger partial charge in [-0.25, -0.2) is 13.3 Å². The van der Waals surface area contributed by atoms with Crippen LogP contribution in [0.1, 0.15) is 37.9 Å². The Bertz CT molecular complexity index is 1210. The number of hydrogen-bond acceptors (Lipinski definition) is 4. The Morgan fingerprint density at radius 3 is 2.31 bits per heavy atom. The second kappa shape index (κ2) is 8.96. The lowest BCUT2D eigenvalue weighted by Gasteiger charge is -2.16. The van der Waals surface area contributed by atoms with E-state index in [-0.39, 0.29) is 11.2 Å². The topological polar surface area (TPSA) is 68.1 Å². The molecular formula is C24H29FN4O2S. The van der Waals surface area contributed by atoms with Crippen molar-refractivity contribution in [2.45, 2.75) is 33.6 Å². The summed E-state index contributed by atoms with van der Waals surface area (Å²) in [5.74, 6) is -0.0436. The molecule has 3 aromatic rings. The summed E-state index contributed by atoms with van der Waals surface area (Å²) in [5, 5.41) is 0. The molecule has 0 saturated heterocycles. The van der Waals surface area contributed by atoms with Crippen LogP contribution < -0.4 is 0 Å². The summed E-state index contributed by atoms with van der Waals surface area (Å²) in [5.41, 5.74) is 3.76. The fourth-order valence-electron chi connectivity index (χ4n) is 3.29. The number of halogens is 1. The second-order valence-electron chi connectivity index (χ2n) is 9.22. The lowest BCUT2D eigenvalue weighted by atomic mass is 9.91. The third-order valence-corrected chi connectivity index (χ3v) is 6.56. The summed E-state index contributed by atoms with van der Waals surface area (Å²) in [6, 6.07) is 10.7. The number of hydrogen-bond donors (Lipinski definition) is 0. The van der Waals surface area contributed by atoms with Crippen LogP contribution in [0.25, 0.3) is 16.8 Å². The molecule has 0 fully saturated rings. The molecule has 8 heteroatoms. The number of pyridine rings is 1. The molecule has 0 bridgehead atoms. The highest BCUT2D eigenvalue weighted by molar-refractivity contribution is 7.87. The summed E-state index contributed by atoms with van der Waals surface area (Å²) in [6.45, 7) is 10.4. The highest BCUT2D eigenvalue weighted by Crippen LogP contribution is 2.26. The Kier molecular flexibility index (Phi) is 6.67. The number of aromatic nitrogens is 3. The van der Waals surface area contributed by atoms with Crippen molar-refractivity contribution in [1.29, 1.82) is 0 Å². The molecule has 0 N–H and O–H groups in total. The molecule has 6 nitrogen and oxygen atoms in total. The fourth-order valence-corrected chi connectivity index (χ4v) is 4.29. The molecule has 0 amide bonds. The molecule has 0 aliphatic heterocycles. The predicted octanol–water partition coefficient (Wildman–Crippen LogP) is 4.58. The Morgan fingerprint density at radius 1 is 1.12 bits per heavy atom. The number of imidazole rings is 1. The van der Waals surface area contributed by atoms with E-state index in [2.05, 4.69) is 37.3 Å². The van der Waals surface area contributed by atoms with Crippen molar-refractivity contribution in [2.24, 2.45) is 5.41 Å². The Hall–Kier alpha value is -2.84. The molecule has 32 heavy (non-hydrogen) atoms. The molecule has 0 radical (unpaired) electrons. The van der Waals surface area contributed by atoms with Crippen molar-refractivity contribution in [3.05, 3.63) is 78.3 Å². The third kappa shape index (κ3) is 5.49. The van der Waals surface area contributed by atoms with Gasteiger partial charge in [-0.1, -0.05) is 51.6 Å². The summed E-state index contributed by atoms with van der Waals surface area (Å²) in [7, 11) is -0.751. The average molecular weight is 457 g/mol. The van der Waals surface area contributed by atoms with Crippen LogP contribution >= 0.6 is 0 Å². The number of rotatable bonds is 7. The second-order valence-corrected chi connectivity index (χ2v) is 11.2. The Morgan fingerprint density at radius 2 is 1.78 bits per heavy atom. The van der Waals surface area contributed by atoms with E-state index in [0.29, 0.717) is 35.6 Å². The van der Waals surface area contributed by atoms with E-state index < -0.39 is 10.2 Å². The summed E-state index contributed by atoms with van der Waals surface area (Å²) in [4.78, 5) is 8.72. The Balaban J connectivity index is 1.88. The van der Waals surface area contributed by atoms with Crippen LogP contribution in [0, 0.1) is 11.2 Å². The van der Waals surface area contributed by atoms with Crippen molar-refractivity contribution < 1.29 is 12.8 Å². The van der Waals surface area contributed by atoms with Gasteiger partial charge in [-0.05, 0) is 35.1 Å². The lowest BCUT2D eigenvalue weighted by Crippen LogP contribution is -2.29. The first-order valence-electron chi connectivity index (χ1n) is 10.3. The van der Waals surface area contributed by atoms with E-state index in [1.807, 2.05) is 24.3 Å². The van der Waals surface area contributed by atoms with E-state index in [9.17, 15) is 12.8 Å². The molecule has 1 aromatic carbocycles. The van der Waals surface area contributed by atoms with Crippen LogP contribution in [0.15, 0.2) is 55.4 Å². The van der Waals surface area contributed by atoms with Gasteiger partial charge in [-0.15, -0.1) is 0 Å². The summed E-state index contributed by atoms with van der Waals surface area (Å²) >= 11 is 0. The monoisotopic (exact) mass is 456 g/mol. The smallest absolute Gasteiger partial charge is 0.253 e. The van der Waals surface area contributed by atoms with Gasteiger partial charge in [0.05, 0.1) is 17.6 Å². The van der Waals surface area contributed by atoms with Gasteiger partial charge >= 0.3 is 10.2 Å². The number of nitrogens with zero attached hydrogens (tertiary/aromatic N) is 4. The minimum atomic E-state index is -3.74. The van der Waals surface area contributed by atoms with Crippen LogP contribution in [-0.4, -0.2) is 40.8 Å². The van der Waals surface area contributed by atoms with Crippen molar-refractivity contribution in [1.82, 2.24) is 18.2 Å². The highest BCUT2D eigenvalue weighted by Gasteiger charge is 2.25. The molecule has 0 unspecified atom stereocenters. The maximum atomic E-state index is 13.1. The zero-order valence-electron chi connectivity index (χ0n) is 19.1. The molecule has 0 aliphatic carbocycles. The minimum Gasteiger partial charge on any atom is -0.253 e. The van der Waals surface area contributed by atoms with Crippen molar-refractivity contribution in [2.75, 3.05) is 14.1 Å². The van der Waals surface area contributed by atoms with E-state index in [1.54, 1.807) is 12.3 Å². The zero-order chi connectivity index (χ0) is 23.7. The van der Waals surface area contributed by atoms with Gasteiger partial charge in [0.25, 0.3) is 0 Å². The molecule has 170 valence electrons. The van der Waals surface area contributed by atoms with Crippen LogP contribution in [0.2, 0.25) is 0 Å². The molecule has 0 spiro atoms. The van der Waals surface area contributed by atoms with Crippen LogP contribution in [0.3, 0.4) is 0 Å². The standard InChI is InChI=1S/C24H29FN4O2S/c1-17(13-18-7-9-19(10-8-18)22-12-11-20(25)15-26-22)23-27-21(14-24(2,3)4)16-29(23)32(30,31)28(5)6/h7-12,15-16H,1,13-14H2,2-6H3. The van der Waals surface area contributed by atoms with Gasteiger partial charge in [-0.2, -0.15) is 12.7 Å². The van der Waals surface area contributed by atoms with E-state index in [4.69, 9.17) is 0 Å². The first-order chi connectivity index (χ1) is 14.9. The summed E-state index contributed by atoms with van der Waals surface area (Å²) < 4.78 is 41.3.